The third-order valence-electron chi connectivity index (χ3n) is 2.02. The normalized spacial score (nSPS) is 10.4. The van der Waals surface area contributed by atoms with Crippen LogP contribution in [0.3, 0.4) is 0 Å². The maximum Gasteiger partial charge on any atom is 0.144 e. The summed E-state index contributed by atoms with van der Waals surface area (Å²) in [5, 5.41) is 3.76. The molecule has 0 saturated heterocycles. The van der Waals surface area contributed by atoms with Gasteiger partial charge in [0.1, 0.15) is 11.6 Å². The molecule has 0 aromatic carbocycles. The molecule has 2 heterocycles. The minimum atomic E-state index is 0.605. The van der Waals surface area contributed by atoms with Crippen LogP contribution in [0.1, 0.15) is 5.82 Å². The number of halogens is 2. The fraction of sp³-hybridized carbons (Fsp3) is 0.200. The topological polar surface area (TPSA) is 53.6 Å². The van der Waals surface area contributed by atoms with E-state index in [0.29, 0.717) is 10.8 Å². The lowest BCUT2D eigenvalue weighted by Crippen LogP contribution is -2.07. The van der Waals surface area contributed by atoms with Crippen molar-refractivity contribution in [2.75, 3.05) is 11.9 Å². The summed E-state index contributed by atoms with van der Waals surface area (Å²) in [4.78, 5) is 11.3. The Hall–Kier alpha value is -1.07. The maximum absolute atomic E-state index is 6.01. The van der Waals surface area contributed by atoms with Gasteiger partial charge in [0.05, 0.1) is 5.02 Å². The van der Waals surface area contributed by atoms with Crippen LogP contribution in [0, 0.1) is 0 Å². The summed E-state index contributed by atoms with van der Waals surface area (Å²) in [6.45, 7) is 0.738. The standard InChI is InChI=1S/C10H10BrClN4/c11-7-5-8(12)10(16-6-7)15-2-1-9-13-3-4-14-9/h3-6H,1-2H2,(H,13,14)(H,15,16). The highest BCUT2D eigenvalue weighted by molar-refractivity contribution is 9.10. The van der Waals surface area contributed by atoms with Crippen molar-refractivity contribution in [2.45, 2.75) is 6.42 Å². The lowest BCUT2D eigenvalue weighted by Gasteiger charge is -2.06. The highest BCUT2D eigenvalue weighted by Crippen LogP contribution is 2.22. The Morgan fingerprint density at radius 3 is 3.00 bits per heavy atom. The van der Waals surface area contributed by atoms with E-state index in [1.54, 1.807) is 18.6 Å². The Morgan fingerprint density at radius 1 is 1.44 bits per heavy atom. The minimum Gasteiger partial charge on any atom is -0.368 e. The number of H-pyrrole nitrogens is 1. The van der Waals surface area contributed by atoms with E-state index >= 15 is 0 Å². The monoisotopic (exact) mass is 300 g/mol. The van der Waals surface area contributed by atoms with E-state index < -0.39 is 0 Å². The molecule has 2 N–H and O–H groups in total. The zero-order valence-electron chi connectivity index (χ0n) is 8.37. The van der Waals surface area contributed by atoms with Gasteiger partial charge in [0.15, 0.2) is 0 Å². The van der Waals surface area contributed by atoms with E-state index in [2.05, 4.69) is 36.2 Å². The number of anilines is 1. The van der Waals surface area contributed by atoms with Gasteiger partial charge >= 0.3 is 0 Å². The van der Waals surface area contributed by atoms with Crippen LogP contribution in [0.4, 0.5) is 5.82 Å². The molecule has 2 aromatic heterocycles. The predicted molar refractivity (Wildman–Crippen MR) is 67.7 cm³/mol. The number of imidazole rings is 1. The molecule has 0 saturated carbocycles. The number of rotatable bonds is 4. The highest BCUT2D eigenvalue weighted by atomic mass is 79.9. The van der Waals surface area contributed by atoms with Crippen LogP contribution in [0.25, 0.3) is 0 Å². The minimum absolute atomic E-state index is 0.605. The van der Waals surface area contributed by atoms with E-state index in [1.165, 1.54) is 0 Å². The van der Waals surface area contributed by atoms with E-state index in [1.807, 2.05) is 6.07 Å². The van der Waals surface area contributed by atoms with Crippen LogP contribution >= 0.6 is 27.5 Å². The van der Waals surface area contributed by atoms with Crippen molar-refractivity contribution in [3.05, 3.63) is 40.0 Å². The summed E-state index contributed by atoms with van der Waals surface area (Å²) < 4.78 is 0.870. The van der Waals surface area contributed by atoms with Gasteiger partial charge in [-0.25, -0.2) is 9.97 Å². The number of nitrogens with one attached hydrogen (secondary N) is 2. The molecule has 0 radical (unpaired) electrons. The third-order valence-corrected chi connectivity index (χ3v) is 2.74. The second-order valence-electron chi connectivity index (χ2n) is 3.20. The molecule has 4 nitrogen and oxygen atoms in total. The maximum atomic E-state index is 6.01. The number of aromatic nitrogens is 3. The number of hydrogen-bond acceptors (Lipinski definition) is 3. The molecule has 0 aliphatic heterocycles. The van der Waals surface area contributed by atoms with Crippen molar-refractivity contribution >= 4 is 33.3 Å². The van der Waals surface area contributed by atoms with Crippen molar-refractivity contribution in [2.24, 2.45) is 0 Å². The quantitative estimate of drug-likeness (QED) is 0.913. The van der Waals surface area contributed by atoms with Gasteiger partial charge in [-0.1, -0.05) is 11.6 Å². The van der Waals surface area contributed by atoms with Gasteiger partial charge < -0.3 is 10.3 Å². The first-order chi connectivity index (χ1) is 7.75. The smallest absolute Gasteiger partial charge is 0.144 e. The average molecular weight is 302 g/mol. The Bertz CT molecular complexity index is 458. The third kappa shape index (κ3) is 2.96. The Kier molecular flexibility index (Phi) is 3.79. The fourth-order valence-corrected chi connectivity index (χ4v) is 1.97. The van der Waals surface area contributed by atoms with Gasteiger partial charge in [0.25, 0.3) is 0 Å². The van der Waals surface area contributed by atoms with Crippen LogP contribution in [0.15, 0.2) is 29.1 Å². The van der Waals surface area contributed by atoms with E-state index in [9.17, 15) is 0 Å². The summed E-state index contributed by atoms with van der Waals surface area (Å²) in [5.74, 6) is 1.64. The molecule has 0 amide bonds. The Balaban J connectivity index is 1.90. The zero-order chi connectivity index (χ0) is 11.4. The molecule has 84 valence electrons. The molecule has 0 spiro atoms. The van der Waals surface area contributed by atoms with Gasteiger partial charge in [-0.3, -0.25) is 0 Å². The van der Waals surface area contributed by atoms with Crippen molar-refractivity contribution < 1.29 is 0 Å². The summed E-state index contributed by atoms with van der Waals surface area (Å²) in [6.07, 6.45) is 6.06. The fourth-order valence-electron chi connectivity index (χ4n) is 1.28. The highest BCUT2D eigenvalue weighted by Gasteiger charge is 2.02. The summed E-state index contributed by atoms with van der Waals surface area (Å²) in [5.41, 5.74) is 0. The first kappa shape index (κ1) is 11.4. The zero-order valence-corrected chi connectivity index (χ0v) is 10.7. The van der Waals surface area contributed by atoms with Crippen molar-refractivity contribution in [1.82, 2.24) is 15.0 Å². The van der Waals surface area contributed by atoms with Gasteiger partial charge in [-0.2, -0.15) is 0 Å². The number of hydrogen-bond donors (Lipinski definition) is 2. The average Bonchev–Trinajstić information content (AvgIpc) is 2.74. The number of pyridine rings is 1. The predicted octanol–water partition coefficient (Wildman–Crippen LogP) is 2.88. The van der Waals surface area contributed by atoms with Crippen LogP contribution in [-0.4, -0.2) is 21.5 Å². The molecule has 0 atom stereocenters. The lowest BCUT2D eigenvalue weighted by molar-refractivity contribution is 0.921. The van der Waals surface area contributed by atoms with E-state index in [0.717, 1.165) is 23.3 Å². The molecule has 0 bridgehead atoms. The second-order valence-corrected chi connectivity index (χ2v) is 4.52. The lowest BCUT2D eigenvalue weighted by atomic mass is 10.4. The molecular formula is C10H10BrClN4. The molecule has 2 rings (SSSR count). The first-order valence-electron chi connectivity index (χ1n) is 4.79. The molecule has 0 unspecified atom stereocenters. The summed E-state index contributed by atoms with van der Waals surface area (Å²) >= 11 is 9.32. The van der Waals surface area contributed by atoms with Crippen LogP contribution in [0.5, 0.6) is 0 Å². The molecule has 2 aromatic rings. The van der Waals surface area contributed by atoms with E-state index in [-0.39, 0.29) is 0 Å². The molecule has 0 fully saturated rings. The van der Waals surface area contributed by atoms with Crippen LogP contribution in [-0.2, 0) is 6.42 Å². The first-order valence-corrected chi connectivity index (χ1v) is 5.96. The molecule has 16 heavy (non-hydrogen) atoms. The largest absolute Gasteiger partial charge is 0.368 e. The van der Waals surface area contributed by atoms with Gasteiger partial charge in [0, 0.05) is 36.0 Å². The molecular weight excluding hydrogens is 291 g/mol. The van der Waals surface area contributed by atoms with Crippen molar-refractivity contribution in [3.8, 4) is 0 Å². The molecule has 6 heteroatoms. The molecule has 0 aliphatic carbocycles. The van der Waals surface area contributed by atoms with Crippen LogP contribution < -0.4 is 5.32 Å². The van der Waals surface area contributed by atoms with Crippen LogP contribution in [0.2, 0.25) is 5.02 Å². The SMILES string of the molecule is Clc1cc(Br)cnc1NCCc1ncc[nH]1. The van der Waals surface area contributed by atoms with Gasteiger partial charge in [-0.05, 0) is 22.0 Å². The number of aromatic amines is 1. The number of nitrogens with zero attached hydrogens (tertiary/aromatic N) is 2. The Morgan fingerprint density at radius 2 is 2.31 bits per heavy atom. The van der Waals surface area contributed by atoms with Gasteiger partial charge in [-0.15, -0.1) is 0 Å². The van der Waals surface area contributed by atoms with Crippen molar-refractivity contribution in [1.29, 1.82) is 0 Å². The second kappa shape index (κ2) is 5.32. The molecule has 0 aliphatic rings. The summed E-state index contributed by atoms with van der Waals surface area (Å²) in [7, 11) is 0. The Labute approximate surface area is 107 Å². The van der Waals surface area contributed by atoms with Gasteiger partial charge in [0.2, 0.25) is 0 Å². The summed E-state index contributed by atoms with van der Waals surface area (Å²) in [6, 6.07) is 1.81. The van der Waals surface area contributed by atoms with Crippen molar-refractivity contribution in [3.63, 3.8) is 0 Å². The van der Waals surface area contributed by atoms with E-state index in [4.69, 9.17) is 11.6 Å².